The highest BCUT2D eigenvalue weighted by Crippen LogP contribution is 2.42. The first-order valence-corrected chi connectivity index (χ1v) is 10.6. The maximum absolute atomic E-state index is 13.2. The second kappa shape index (κ2) is 7.78. The van der Waals surface area contributed by atoms with E-state index in [0.29, 0.717) is 53.7 Å². The van der Waals surface area contributed by atoms with Gasteiger partial charge in [0.05, 0.1) is 29.1 Å². The summed E-state index contributed by atoms with van der Waals surface area (Å²) in [6, 6.07) is 7.12. The third kappa shape index (κ3) is 3.54. The fourth-order valence-electron chi connectivity index (χ4n) is 4.50. The number of ketones is 1. The maximum Gasteiger partial charge on any atom is 0.259 e. The standard InChI is InChI=1S/C23H23Cl2NO4/c1-13-10-14(2)19-17(27)12-23(30-18(19)11-13)6-8-26(9-7-23)22(28)20-15(24)4-5-16(25)21(20)29-3/h4-5,10-11H,6-9,12H2,1-3H3. The van der Waals surface area contributed by atoms with Crippen LogP contribution in [0.3, 0.4) is 0 Å². The van der Waals surface area contributed by atoms with Gasteiger partial charge in [0.1, 0.15) is 16.9 Å². The smallest absolute Gasteiger partial charge is 0.259 e. The number of halogens is 2. The topological polar surface area (TPSA) is 55.8 Å². The molecule has 1 spiro atoms. The van der Waals surface area contributed by atoms with Gasteiger partial charge < -0.3 is 14.4 Å². The second-order valence-electron chi connectivity index (χ2n) is 8.07. The number of rotatable bonds is 2. The van der Waals surface area contributed by atoms with Gasteiger partial charge in [0.2, 0.25) is 0 Å². The lowest BCUT2D eigenvalue weighted by Gasteiger charge is -2.44. The number of benzene rings is 2. The molecule has 158 valence electrons. The molecule has 1 saturated heterocycles. The summed E-state index contributed by atoms with van der Waals surface area (Å²) < 4.78 is 11.7. The molecule has 4 rings (SSSR count). The summed E-state index contributed by atoms with van der Waals surface area (Å²) in [7, 11) is 1.46. The van der Waals surface area contributed by atoms with E-state index >= 15 is 0 Å². The Morgan fingerprint density at radius 2 is 1.80 bits per heavy atom. The molecule has 7 heteroatoms. The lowest BCUT2D eigenvalue weighted by molar-refractivity contribution is -0.00585. The number of hydrogen-bond acceptors (Lipinski definition) is 4. The van der Waals surface area contributed by atoms with Crippen molar-refractivity contribution >= 4 is 34.9 Å². The SMILES string of the molecule is COc1c(Cl)ccc(Cl)c1C(=O)N1CCC2(CC1)CC(=O)c1c(C)cc(C)cc1O2. The lowest BCUT2D eigenvalue weighted by atomic mass is 9.81. The summed E-state index contributed by atoms with van der Waals surface area (Å²) in [5.41, 5.74) is 2.37. The largest absolute Gasteiger partial charge is 0.494 e. The van der Waals surface area contributed by atoms with E-state index in [9.17, 15) is 9.59 Å². The zero-order valence-electron chi connectivity index (χ0n) is 17.2. The summed E-state index contributed by atoms with van der Waals surface area (Å²) in [6.07, 6.45) is 1.46. The minimum Gasteiger partial charge on any atom is -0.494 e. The number of ether oxygens (including phenoxy) is 2. The Balaban J connectivity index is 1.56. The van der Waals surface area contributed by atoms with Crippen LogP contribution >= 0.6 is 23.2 Å². The van der Waals surface area contributed by atoms with Gasteiger partial charge in [0.25, 0.3) is 5.91 Å². The van der Waals surface area contributed by atoms with Crippen LogP contribution in [0.5, 0.6) is 11.5 Å². The van der Waals surface area contributed by atoms with Crippen molar-refractivity contribution in [3.05, 3.63) is 56.6 Å². The van der Waals surface area contributed by atoms with Crippen LogP contribution < -0.4 is 9.47 Å². The summed E-state index contributed by atoms with van der Waals surface area (Å²) in [6.45, 7) is 4.84. The Labute approximate surface area is 185 Å². The maximum atomic E-state index is 13.2. The van der Waals surface area contributed by atoms with E-state index in [4.69, 9.17) is 32.7 Å². The first kappa shape index (κ1) is 21.0. The Bertz CT molecular complexity index is 1040. The summed E-state index contributed by atoms with van der Waals surface area (Å²) in [5.74, 6) is 0.804. The van der Waals surface area contributed by atoms with E-state index in [-0.39, 0.29) is 23.0 Å². The molecule has 2 aliphatic heterocycles. The first-order chi connectivity index (χ1) is 14.2. The Kier molecular flexibility index (Phi) is 5.45. The van der Waals surface area contributed by atoms with Gasteiger partial charge in [-0.05, 0) is 43.2 Å². The van der Waals surface area contributed by atoms with E-state index in [1.807, 2.05) is 26.0 Å². The molecule has 1 amide bonds. The quantitative estimate of drug-likeness (QED) is 0.629. The molecule has 0 radical (unpaired) electrons. The molecular formula is C23H23Cl2NO4. The fraction of sp³-hybridized carbons (Fsp3) is 0.391. The highest BCUT2D eigenvalue weighted by molar-refractivity contribution is 6.37. The molecule has 2 aromatic rings. The van der Waals surface area contributed by atoms with Crippen LogP contribution in [-0.4, -0.2) is 42.4 Å². The molecular weight excluding hydrogens is 425 g/mol. The van der Waals surface area contributed by atoms with Crippen molar-refractivity contribution in [1.82, 2.24) is 4.90 Å². The summed E-state index contributed by atoms with van der Waals surface area (Å²) >= 11 is 12.5. The first-order valence-electron chi connectivity index (χ1n) is 9.89. The zero-order valence-corrected chi connectivity index (χ0v) is 18.7. The monoisotopic (exact) mass is 447 g/mol. The Hall–Kier alpha value is -2.24. The number of fused-ring (bicyclic) bond motifs is 1. The molecule has 0 atom stereocenters. The van der Waals surface area contributed by atoms with E-state index in [0.717, 1.165) is 11.1 Å². The van der Waals surface area contributed by atoms with Crippen molar-refractivity contribution in [3.63, 3.8) is 0 Å². The van der Waals surface area contributed by atoms with Gasteiger partial charge in [0, 0.05) is 25.9 Å². The third-order valence-electron chi connectivity index (χ3n) is 5.97. The number of piperidine rings is 1. The van der Waals surface area contributed by atoms with Gasteiger partial charge in [-0.15, -0.1) is 0 Å². The molecule has 1 fully saturated rings. The van der Waals surface area contributed by atoms with Gasteiger partial charge in [-0.1, -0.05) is 29.3 Å². The number of Topliss-reactive ketones (excluding diaryl/α,β-unsaturated/α-hetero) is 1. The van der Waals surface area contributed by atoms with Crippen molar-refractivity contribution in [2.45, 2.75) is 38.7 Å². The van der Waals surface area contributed by atoms with Crippen LogP contribution in [0.15, 0.2) is 24.3 Å². The fourth-order valence-corrected chi connectivity index (χ4v) is 4.97. The van der Waals surface area contributed by atoms with Crippen LogP contribution in [0, 0.1) is 13.8 Å². The lowest BCUT2D eigenvalue weighted by Crippen LogP contribution is -2.52. The van der Waals surface area contributed by atoms with Crippen molar-refractivity contribution in [2.24, 2.45) is 0 Å². The number of amides is 1. The number of nitrogens with zero attached hydrogens (tertiary/aromatic N) is 1. The minimum absolute atomic E-state index is 0.105. The van der Waals surface area contributed by atoms with Crippen LogP contribution in [0.4, 0.5) is 0 Å². The summed E-state index contributed by atoms with van der Waals surface area (Å²) in [4.78, 5) is 27.8. The van der Waals surface area contributed by atoms with Crippen molar-refractivity contribution in [1.29, 1.82) is 0 Å². The van der Waals surface area contributed by atoms with Crippen molar-refractivity contribution < 1.29 is 19.1 Å². The normalized spacial score (nSPS) is 17.5. The van der Waals surface area contributed by atoms with Crippen LogP contribution in [0.1, 0.15) is 51.1 Å². The predicted molar refractivity (Wildman–Crippen MR) is 116 cm³/mol. The molecule has 0 N–H and O–H groups in total. The number of hydrogen-bond donors (Lipinski definition) is 0. The Morgan fingerprint density at radius 1 is 1.13 bits per heavy atom. The van der Waals surface area contributed by atoms with Gasteiger partial charge >= 0.3 is 0 Å². The minimum atomic E-state index is -0.580. The van der Waals surface area contributed by atoms with Crippen molar-refractivity contribution in [3.8, 4) is 11.5 Å². The molecule has 0 saturated carbocycles. The van der Waals surface area contributed by atoms with E-state index in [2.05, 4.69) is 0 Å². The molecule has 2 aliphatic rings. The van der Waals surface area contributed by atoms with Crippen LogP contribution in [0.25, 0.3) is 0 Å². The molecule has 2 heterocycles. The van der Waals surface area contributed by atoms with E-state index in [1.54, 1.807) is 17.0 Å². The number of carbonyl (C=O) groups is 2. The third-order valence-corrected chi connectivity index (χ3v) is 6.58. The second-order valence-corrected chi connectivity index (χ2v) is 8.88. The number of likely N-dealkylation sites (tertiary alicyclic amines) is 1. The predicted octanol–water partition coefficient (Wildman–Crippen LogP) is 5.26. The average Bonchev–Trinajstić information content (AvgIpc) is 2.68. The number of carbonyl (C=O) groups excluding carboxylic acids is 2. The van der Waals surface area contributed by atoms with Crippen molar-refractivity contribution in [2.75, 3.05) is 20.2 Å². The molecule has 0 unspecified atom stereocenters. The molecule has 0 aliphatic carbocycles. The van der Waals surface area contributed by atoms with Crippen LogP contribution in [-0.2, 0) is 0 Å². The molecule has 2 aromatic carbocycles. The highest BCUT2D eigenvalue weighted by Gasteiger charge is 2.44. The van der Waals surface area contributed by atoms with Crippen LogP contribution in [0.2, 0.25) is 10.0 Å². The van der Waals surface area contributed by atoms with Gasteiger partial charge in [-0.25, -0.2) is 0 Å². The van der Waals surface area contributed by atoms with Gasteiger partial charge in [-0.3, -0.25) is 9.59 Å². The van der Waals surface area contributed by atoms with Gasteiger partial charge in [0.15, 0.2) is 11.5 Å². The molecule has 0 aromatic heterocycles. The zero-order chi connectivity index (χ0) is 21.6. The molecule has 5 nitrogen and oxygen atoms in total. The molecule has 0 bridgehead atoms. The Morgan fingerprint density at radius 3 is 2.47 bits per heavy atom. The number of methoxy groups -OCH3 is 1. The van der Waals surface area contributed by atoms with E-state index < -0.39 is 5.60 Å². The summed E-state index contributed by atoms with van der Waals surface area (Å²) in [5, 5.41) is 0.632. The van der Waals surface area contributed by atoms with E-state index in [1.165, 1.54) is 7.11 Å². The van der Waals surface area contributed by atoms with Gasteiger partial charge in [-0.2, -0.15) is 0 Å². The molecule has 30 heavy (non-hydrogen) atoms. The highest BCUT2D eigenvalue weighted by atomic mass is 35.5. The average molecular weight is 448 g/mol. The number of aryl methyl sites for hydroxylation is 2.